The molecule has 1 fully saturated rings. The monoisotopic (exact) mass is 290 g/mol. The minimum atomic E-state index is -0.0399. The Bertz CT molecular complexity index is 516. The Balaban J connectivity index is 2.03. The maximum Gasteiger partial charge on any atom is 0.221 e. The third-order valence-corrected chi connectivity index (χ3v) is 4.25. The first-order chi connectivity index (χ1) is 9.92. The van der Waals surface area contributed by atoms with Gasteiger partial charge in [-0.3, -0.25) is 4.79 Å². The highest BCUT2D eigenvalue weighted by molar-refractivity contribution is 5.89. The number of nitrogens with one attached hydrogen (secondary N) is 2. The van der Waals surface area contributed by atoms with Gasteiger partial charge in [-0.15, -0.1) is 0 Å². The van der Waals surface area contributed by atoms with Gasteiger partial charge in [0.05, 0.1) is 5.60 Å². The van der Waals surface area contributed by atoms with E-state index in [1.807, 2.05) is 19.1 Å². The summed E-state index contributed by atoms with van der Waals surface area (Å²) in [7, 11) is 0. The van der Waals surface area contributed by atoms with Gasteiger partial charge in [-0.2, -0.15) is 0 Å². The second kappa shape index (κ2) is 6.48. The third kappa shape index (κ3) is 4.21. The molecule has 0 spiro atoms. The second-order valence-corrected chi connectivity index (χ2v) is 6.20. The molecule has 2 unspecified atom stereocenters. The second-order valence-electron chi connectivity index (χ2n) is 6.20. The molecule has 0 aliphatic carbocycles. The van der Waals surface area contributed by atoms with Gasteiger partial charge in [-0.1, -0.05) is 6.92 Å². The van der Waals surface area contributed by atoms with E-state index in [4.69, 9.17) is 4.74 Å². The number of carbonyl (C=O) groups is 1. The van der Waals surface area contributed by atoms with Gasteiger partial charge in [0.1, 0.15) is 0 Å². The molecule has 1 aromatic carbocycles. The molecule has 2 N–H and O–H groups in total. The lowest BCUT2D eigenvalue weighted by molar-refractivity contribution is -0.114. The van der Waals surface area contributed by atoms with Gasteiger partial charge in [0.2, 0.25) is 5.91 Å². The minimum Gasteiger partial charge on any atom is -0.382 e. The molecule has 1 amide bonds. The first-order valence-electron chi connectivity index (χ1n) is 7.70. The fraction of sp³-hybridized carbons (Fsp3) is 0.588. The van der Waals surface area contributed by atoms with Crippen LogP contribution in [0.5, 0.6) is 0 Å². The highest BCUT2D eigenvalue weighted by Gasteiger charge is 2.31. The maximum atomic E-state index is 11.1. The highest BCUT2D eigenvalue weighted by atomic mass is 16.5. The van der Waals surface area contributed by atoms with E-state index in [0.29, 0.717) is 6.04 Å². The van der Waals surface area contributed by atoms with Crippen LogP contribution in [-0.2, 0) is 9.53 Å². The molecule has 1 aliphatic heterocycles. The van der Waals surface area contributed by atoms with Gasteiger partial charge >= 0.3 is 0 Å². The van der Waals surface area contributed by atoms with E-state index in [1.54, 1.807) is 0 Å². The number of amides is 1. The summed E-state index contributed by atoms with van der Waals surface area (Å²) in [5.74, 6) is -0.0399. The molecular weight excluding hydrogens is 264 g/mol. The quantitative estimate of drug-likeness (QED) is 0.888. The zero-order valence-electron chi connectivity index (χ0n) is 13.5. The average Bonchev–Trinajstić information content (AvgIpc) is 2.42. The minimum absolute atomic E-state index is 0.0128. The van der Waals surface area contributed by atoms with E-state index in [2.05, 4.69) is 30.5 Å². The number of rotatable bonds is 4. The third-order valence-electron chi connectivity index (χ3n) is 4.25. The molecule has 21 heavy (non-hydrogen) atoms. The van der Waals surface area contributed by atoms with Gasteiger partial charge in [0.25, 0.3) is 0 Å². The summed E-state index contributed by atoms with van der Waals surface area (Å²) in [5, 5.41) is 6.44. The van der Waals surface area contributed by atoms with Crippen molar-refractivity contribution in [3.05, 3.63) is 23.8 Å². The molecule has 2 rings (SSSR count). The fourth-order valence-corrected chi connectivity index (χ4v) is 2.82. The first kappa shape index (κ1) is 15.8. The Morgan fingerprint density at radius 3 is 2.86 bits per heavy atom. The molecule has 1 aromatic rings. The van der Waals surface area contributed by atoms with E-state index >= 15 is 0 Å². The van der Waals surface area contributed by atoms with Crippen LogP contribution in [0.4, 0.5) is 11.4 Å². The zero-order valence-corrected chi connectivity index (χ0v) is 13.5. The predicted molar refractivity (Wildman–Crippen MR) is 86.8 cm³/mol. The van der Waals surface area contributed by atoms with Crippen LogP contribution in [0.1, 0.15) is 45.6 Å². The van der Waals surface area contributed by atoms with E-state index in [9.17, 15) is 4.79 Å². The number of hydrogen-bond donors (Lipinski definition) is 2. The maximum absolute atomic E-state index is 11.1. The van der Waals surface area contributed by atoms with Crippen molar-refractivity contribution in [2.75, 3.05) is 17.2 Å². The predicted octanol–water partition coefficient (Wildman–Crippen LogP) is 3.71. The molecule has 2 atom stereocenters. The van der Waals surface area contributed by atoms with Crippen LogP contribution in [-0.4, -0.2) is 24.2 Å². The largest absolute Gasteiger partial charge is 0.382 e. The molecule has 1 saturated heterocycles. The smallest absolute Gasteiger partial charge is 0.221 e. The van der Waals surface area contributed by atoms with Crippen LogP contribution < -0.4 is 10.6 Å². The summed E-state index contributed by atoms with van der Waals surface area (Å²) in [6.07, 6.45) is 3.09. The van der Waals surface area contributed by atoms with Crippen LogP contribution in [0.15, 0.2) is 18.2 Å². The van der Waals surface area contributed by atoms with Crippen molar-refractivity contribution in [3.63, 3.8) is 0 Å². The lowest BCUT2D eigenvalue weighted by atomic mass is 9.90. The molecule has 116 valence electrons. The van der Waals surface area contributed by atoms with Gasteiger partial charge < -0.3 is 15.4 Å². The van der Waals surface area contributed by atoms with E-state index in [-0.39, 0.29) is 11.5 Å². The van der Waals surface area contributed by atoms with Crippen LogP contribution in [0.2, 0.25) is 0 Å². The first-order valence-corrected chi connectivity index (χ1v) is 7.70. The van der Waals surface area contributed by atoms with E-state index < -0.39 is 0 Å². The zero-order chi connectivity index (χ0) is 15.5. The van der Waals surface area contributed by atoms with Crippen molar-refractivity contribution in [1.29, 1.82) is 0 Å². The lowest BCUT2D eigenvalue weighted by Crippen LogP contribution is -2.41. The number of anilines is 2. The van der Waals surface area contributed by atoms with Gasteiger partial charge in [0, 0.05) is 30.9 Å². The Morgan fingerprint density at radius 1 is 1.48 bits per heavy atom. The van der Waals surface area contributed by atoms with E-state index in [0.717, 1.165) is 42.8 Å². The van der Waals surface area contributed by atoms with Gasteiger partial charge in [-0.05, 0) is 56.9 Å². The average molecular weight is 290 g/mol. The molecule has 1 heterocycles. The molecular formula is C17H26N2O2. The van der Waals surface area contributed by atoms with Crippen molar-refractivity contribution in [2.24, 2.45) is 0 Å². The highest BCUT2D eigenvalue weighted by Crippen LogP contribution is 2.30. The fourth-order valence-electron chi connectivity index (χ4n) is 2.82. The van der Waals surface area contributed by atoms with Crippen LogP contribution >= 0.6 is 0 Å². The summed E-state index contributed by atoms with van der Waals surface area (Å²) < 4.78 is 5.88. The van der Waals surface area contributed by atoms with Crippen LogP contribution in [0.3, 0.4) is 0 Å². The Kier molecular flexibility index (Phi) is 4.88. The Hall–Kier alpha value is -1.55. The molecule has 1 aliphatic rings. The molecule has 0 saturated carbocycles. The Labute approximate surface area is 127 Å². The van der Waals surface area contributed by atoms with Crippen molar-refractivity contribution in [3.8, 4) is 0 Å². The normalized spacial score (nSPS) is 25.4. The van der Waals surface area contributed by atoms with E-state index in [1.165, 1.54) is 6.92 Å². The number of benzene rings is 1. The van der Waals surface area contributed by atoms with Gasteiger partial charge in [0.15, 0.2) is 0 Å². The lowest BCUT2D eigenvalue weighted by Gasteiger charge is -2.38. The van der Waals surface area contributed by atoms with Crippen LogP contribution in [0, 0.1) is 6.92 Å². The number of aryl methyl sites for hydroxylation is 1. The Morgan fingerprint density at radius 2 is 2.24 bits per heavy atom. The van der Waals surface area contributed by atoms with Crippen molar-refractivity contribution < 1.29 is 9.53 Å². The summed E-state index contributed by atoms with van der Waals surface area (Å²) in [5.41, 5.74) is 3.03. The topological polar surface area (TPSA) is 50.4 Å². The van der Waals surface area contributed by atoms with Crippen molar-refractivity contribution in [1.82, 2.24) is 0 Å². The summed E-state index contributed by atoms with van der Waals surface area (Å²) >= 11 is 0. The van der Waals surface area contributed by atoms with Crippen LogP contribution in [0.25, 0.3) is 0 Å². The van der Waals surface area contributed by atoms with Crippen molar-refractivity contribution >= 4 is 17.3 Å². The number of carbonyl (C=O) groups excluding carboxylic acids is 1. The molecule has 0 radical (unpaired) electrons. The summed E-state index contributed by atoms with van der Waals surface area (Å²) in [6, 6.07) is 6.51. The standard InChI is InChI=1S/C17H26N2O2/c1-5-17(4)11-15(8-9-21-17)19-14-6-7-16(12(2)10-14)18-13(3)20/h6-7,10,15,19H,5,8-9,11H2,1-4H3,(H,18,20). The molecule has 4 nitrogen and oxygen atoms in total. The summed E-state index contributed by atoms with van der Waals surface area (Å²) in [6.45, 7) is 8.71. The summed E-state index contributed by atoms with van der Waals surface area (Å²) in [4.78, 5) is 11.1. The molecule has 0 bridgehead atoms. The number of ether oxygens (including phenoxy) is 1. The van der Waals surface area contributed by atoms with Crippen molar-refractivity contribution in [2.45, 2.75) is 58.6 Å². The molecule has 0 aromatic heterocycles. The SMILES string of the molecule is CCC1(C)CC(Nc2ccc(NC(C)=O)c(C)c2)CCO1. The number of hydrogen-bond acceptors (Lipinski definition) is 3. The van der Waals surface area contributed by atoms with Gasteiger partial charge in [-0.25, -0.2) is 0 Å². The molecule has 4 heteroatoms.